The zero-order valence-corrected chi connectivity index (χ0v) is 36.5. The maximum absolute atomic E-state index is 13.9. The van der Waals surface area contributed by atoms with E-state index < -0.39 is 109 Å². The Morgan fingerprint density at radius 1 is 0.561 bits per heavy atom. The van der Waals surface area contributed by atoms with Gasteiger partial charge in [-0.2, -0.15) is 0 Å². The molecule has 3 unspecified atom stereocenters. The molecule has 0 amide bonds. The first-order valence-electron chi connectivity index (χ1n) is 19.6. The molecule has 0 aromatic carbocycles. The number of ether oxygens (including phenoxy) is 6. The van der Waals surface area contributed by atoms with E-state index in [4.69, 9.17) is 63.7 Å². The van der Waals surface area contributed by atoms with Gasteiger partial charge in [0.25, 0.3) is 0 Å². The number of aromatic nitrogens is 12. The highest BCUT2D eigenvalue weighted by Gasteiger charge is 2.54. The number of nitrogen functional groups attached to an aromatic ring is 3. The molecule has 9 heterocycles. The summed E-state index contributed by atoms with van der Waals surface area (Å²) in [7, 11) is -6.51. The molecule has 0 bridgehead atoms. The van der Waals surface area contributed by atoms with Crippen LogP contribution in [0, 0.1) is 0 Å². The average molecular weight is 968 g/mol. The summed E-state index contributed by atoms with van der Waals surface area (Å²) in [5.41, 5.74) is 19.1. The quantitative estimate of drug-likeness (QED) is 0.0503. The second kappa shape index (κ2) is 18.2. The van der Waals surface area contributed by atoms with Gasteiger partial charge >= 0.3 is 15.6 Å². The molecule has 3 saturated heterocycles. The highest BCUT2D eigenvalue weighted by atomic mass is 31.2. The van der Waals surface area contributed by atoms with Crippen LogP contribution in [0.2, 0.25) is 0 Å². The first kappa shape index (κ1) is 46.1. The number of nitrogens with two attached hydrogens (primary N) is 3. The van der Waals surface area contributed by atoms with Crippen molar-refractivity contribution in [3.63, 3.8) is 0 Å². The number of nitrogens with zero attached hydrogens (tertiary/aromatic N) is 12. The molecule has 356 valence electrons. The number of hydrogen-bond donors (Lipinski definition) is 7. The predicted octanol–water partition coefficient (Wildman–Crippen LogP) is -1.65. The Kier molecular flexibility index (Phi) is 12.7. The van der Waals surface area contributed by atoms with E-state index in [9.17, 15) is 29.1 Å². The maximum atomic E-state index is 13.9. The molecular weight excluding hydrogens is 924 g/mol. The van der Waals surface area contributed by atoms with Crippen LogP contribution in [0.3, 0.4) is 0 Å². The summed E-state index contributed by atoms with van der Waals surface area (Å²) in [6.07, 6.45) is -7.83. The molecule has 0 aliphatic carbocycles. The smallest absolute Gasteiger partial charge is 0.394 e. The Labute approximate surface area is 370 Å². The zero-order valence-electron chi connectivity index (χ0n) is 34.7. The molecule has 6 aromatic heterocycles. The summed E-state index contributed by atoms with van der Waals surface area (Å²) >= 11 is 0. The lowest BCUT2D eigenvalue weighted by Gasteiger charge is -2.27. The van der Waals surface area contributed by atoms with Gasteiger partial charge < -0.3 is 65.6 Å². The molecule has 31 nitrogen and oxygen atoms in total. The molecule has 0 radical (unpaired) electrons. The molecular formula is C33H43N15O16P2. The first-order valence-corrected chi connectivity index (χ1v) is 22.6. The standard InChI is InChI=1S/C33H43N15O16P2/c1-55-20-14(61-31(19(20)50)46-10-43-16-25(34)37-7-40-28(16)46)5-58-65(51,52)64-24-22(57-3)15(62-33(24)48-12-45-18-27(36)39-9-42-30(18)48)6-59-66(53,54)63-23-21(56-2)13(4-49)60-32(23)47-11-44-17-26(35)38-8-41-29(17)47/h7-15,19-24,31-33,49-50H,4-6H2,1-3H3,(H,51,52)(H,53,54)(H2,34,37,40)(H2,35,38,41)(H2,36,39,42)/t13-,14-,15-,19?,20-,21-,22-,23-,24-,31-,32-,33-/m1/s1. The van der Waals surface area contributed by atoms with Gasteiger partial charge in [0, 0.05) is 21.3 Å². The zero-order chi connectivity index (χ0) is 46.7. The molecule has 0 saturated carbocycles. The van der Waals surface area contributed by atoms with Gasteiger partial charge in [0.05, 0.1) is 38.8 Å². The van der Waals surface area contributed by atoms with Crippen molar-refractivity contribution in [1.29, 1.82) is 0 Å². The van der Waals surface area contributed by atoms with Crippen LogP contribution in [0.25, 0.3) is 33.5 Å². The molecule has 3 fully saturated rings. The van der Waals surface area contributed by atoms with E-state index in [1.165, 1.54) is 66.7 Å². The monoisotopic (exact) mass is 967 g/mol. The molecule has 0 spiro atoms. The lowest BCUT2D eigenvalue weighted by atomic mass is 10.1. The predicted molar refractivity (Wildman–Crippen MR) is 218 cm³/mol. The molecule has 10 N–H and O–H groups in total. The molecule has 3 aliphatic rings. The summed E-state index contributed by atoms with van der Waals surface area (Å²) in [4.78, 5) is 59.6. The number of anilines is 3. The van der Waals surface area contributed by atoms with Gasteiger partial charge in [0.2, 0.25) is 0 Å². The number of aliphatic hydroxyl groups excluding tert-OH is 2. The summed E-state index contributed by atoms with van der Waals surface area (Å²) in [5.74, 6) is 0.152. The average Bonchev–Trinajstić information content (AvgIpc) is 4.15. The van der Waals surface area contributed by atoms with Gasteiger partial charge in [-0.3, -0.25) is 31.8 Å². The van der Waals surface area contributed by atoms with E-state index in [1.54, 1.807) is 0 Å². The summed E-state index contributed by atoms with van der Waals surface area (Å²) in [5, 5.41) is 21.3. The van der Waals surface area contributed by atoms with Gasteiger partial charge in [-0.15, -0.1) is 0 Å². The first-order chi connectivity index (χ1) is 31.7. The fraction of sp³-hybridized carbons (Fsp3) is 0.545. The van der Waals surface area contributed by atoms with E-state index in [1.807, 2.05) is 0 Å². The third kappa shape index (κ3) is 8.35. The van der Waals surface area contributed by atoms with Gasteiger partial charge in [-0.1, -0.05) is 0 Å². The van der Waals surface area contributed by atoms with Crippen molar-refractivity contribution >= 4 is 66.6 Å². The second-order valence-corrected chi connectivity index (χ2v) is 17.7. The number of fused-ring (bicyclic) bond motifs is 3. The fourth-order valence-corrected chi connectivity index (χ4v) is 10.0. The van der Waals surface area contributed by atoms with Crippen molar-refractivity contribution in [1.82, 2.24) is 58.6 Å². The maximum Gasteiger partial charge on any atom is 0.472 e. The Hall–Kier alpha value is -5.05. The SMILES string of the molecule is CO[C@H]1[C@@H](OP(=O)(O)OC[C@H]2O[C@@H](n3cnc4c(N)ncnc43)[C@H](OP(=O)(O)OC[C@H]3O[C@@H](n4cnc5c(N)ncnc54)C(O)[C@@H]3OC)[C@@H]2OC)[C@H](n2cnc3c(N)ncnc32)O[C@@H]1CO. The Morgan fingerprint density at radius 3 is 1.33 bits per heavy atom. The topological polar surface area (TPSA) is 416 Å². The molecule has 6 aromatic rings. The van der Waals surface area contributed by atoms with Crippen LogP contribution < -0.4 is 17.2 Å². The van der Waals surface area contributed by atoms with E-state index in [0.717, 1.165) is 6.33 Å². The van der Waals surface area contributed by atoms with Gasteiger partial charge in [-0.05, 0) is 0 Å². The van der Waals surface area contributed by atoms with Crippen LogP contribution >= 0.6 is 15.6 Å². The highest BCUT2D eigenvalue weighted by molar-refractivity contribution is 7.47. The van der Waals surface area contributed by atoms with Crippen molar-refractivity contribution in [2.75, 3.05) is 58.4 Å². The number of phosphoric ester groups is 2. The van der Waals surface area contributed by atoms with Crippen LogP contribution in [0.5, 0.6) is 0 Å². The largest absolute Gasteiger partial charge is 0.472 e. The van der Waals surface area contributed by atoms with Crippen molar-refractivity contribution in [3.8, 4) is 0 Å². The van der Waals surface area contributed by atoms with Crippen LogP contribution in [-0.4, -0.2) is 175 Å². The summed E-state index contributed by atoms with van der Waals surface area (Å²) < 4.78 is 89.3. The molecule has 33 heteroatoms. The van der Waals surface area contributed by atoms with E-state index in [-0.39, 0.29) is 50.9 Å². The number of imidazole rings is 3. The van der Waals surface area contributed by atoms with Crippen LogP contribution in [-0.2, 0) is 55.6 Å². The lowest BCUT2D eigenvalue weighted by molar-refractivity contribution is -0.0659. The lowest BCUT2D eigenvalue weighted by Crippen LogP contribution is -2.38. The van der Waals surface area contributed by atoms with Gasteiger partial charge in [0.15, 0.2) is 53.1 Å². The van der Waals surface area contributed by atoms with E-state index in [2.05, 4.69) is 44.9 Å². The third-order valence-corrected chi connectivity index (χ3v) is 13.1. The number of phosphoric acid groups is 2. The number of hydrogen-bond acceptors (Lipinski definition) is 26. The van der Waals surface area contributed by atoms with E-state index >= 15 is 0 Å². The van der Waals surface area contributed by atoms with Crippen LogP contribution in [0.15, 0.2) is 38.0 Å². The van der Waals surface area contributed by atoms with Crippen molar-refractivity contribution in [2.45, 2.75) is 73.6 Å². The molecule has 9 rings (SSSR count). The number of methoxy groups -OCH3 is 3. The fourth-order valence-electron chi connectivity index (χ4n) is 8.19. The van der Waals surface area contributed by atoms with Crippen LogP contribution in [0.4, 0.5) is 17.5 Å². The minimum Gasteiger partial charge on any atom is -0.394 e. The van der Waals surface area contributed by atoms with Crippen LogP contribution in [0.1, 0.15) is 18.7 Å². The minimum atomic E-state index is -5.17. The second-order valence-electron chi connectivity index (χ2n) is 14.9. The third-order valence-electron chi connectivity index (χ3n) is 11.2. The Bertz CT molecular complexity index is 2800. The Morgan fingerprint density at radius 2 is 0.924 bits per heavy atom. The molecule has 3 aliphatic heterocycles. The molecule has 14 atom stereocenters. The number of aliphatic hydroxyl groups is 2. The van der Waals surface area contributed by atoms with E-state index in [0.29, 0.717) is 0 Å². The van der Waals surface area contributed by atoms with Crippen molar-refractivity contribution < 1.29 is 75.6 Å². The van der Waals surface area contributed by atoms with Crippen molar-refractivity contribution in [3.05, 3.63) is 38.0 Å². The molecule has 66 heavy (non-hydrogen) atoms. The highest BCUT2D eigenvalue weighted by Crippen LogP contribution is 2.53. The summed E-state index contributed by atoms with van der Waals surface area (Å²) in [6, 6.07) is 0. The number of rotatable bonds is 17. The minimum absolute atomic E-state index is 0.00267. The normalized spacial score (nSPS) is 31.0. The van der Waals surface area contributed by atoms with Gasteiger partial charge in [0.1, 0.15) is 90.5 Å². The summed E-state index contributed by atoms with van der Waals surface area (Å²) in [6.45, 7) is -1.99. The van der Waals surface area contributed by atoms with Gasteiger partial charge in [-0.25, -0.2) is 54.0 Å². The Balaban J connectivity index is 0.939. The van der Waals surface area contributed by atoms with Crippen molar-refractivity contribution in [2.24, 2.45) is 0 Å².